The van der Waals surface area contributed by atoms with Crippen LogP contribution in [0.1, 0.15) is 0 Å². The number of nitrogens with zero attached hydrogens (tertiary/aromatic N) is 2. The van der Waals surface area contributed by atoms with Crippen LogP contribution in [0.3, 0.4) is 0 Å². The van der Waals surface area contributed by atoms with E-state index in [1.54, 1.807) is 0 Å². The van der Waals surface area contributed by atoms with Crippen LogP contribution < -0.4 is 11.3 Å². The van der Waals surface area contributed by atoms with Crippen molar-refractivity contribution in [1.29, 1.82) is 0 Å². The Bertz CT molecular complexity index is 618. The summed E-state index contributed by atoms with van der Waals surface area (Å²) in [5, 5.41) is 16.5. The summed E-state index contributed by atoms with van der Waals surface area (Å²) in [7, 11) is 0. The van der Waals surface area contributed by atoms with Gasteiger partial charge in [0.1, 0.15) is 5.69 Å². The van der Waals surface area contributed by atoms with Crippen LogP contribution in [-0.4, -0.2) is 15.1 Å². The van der Waals surface area contributed by atoms with Crippen LogP contribution >= 0.6 is 0 Å². The molecule has 1 heterocycles. The molecule has 0 atom stereocenters. The molecule has 0 aliphatic rings. The first kappa shape index (κ1) is 10.8. The Balaban J connectivity index is 2.43. The van der Waals surface area contributed by atoms with Crippen LogP contribution in [0, 0.1) is 10.1 Å². The summed E-state index contributed by atoms with van der Waals surface area (Å²) in [6.07, 6.45) is 0. The van der Waals surface area contributed by atoms with Crippen molar-refractivity contribution in [3.05, 3.63) is 50.8 Å². The van der Waals surface area contributed by atoms with E-state index in [0.29, 0.717) is 11.3 Å². The van der Waals surface area contributed by atoms with Crippen molar-refractivity contribution in [2.24, 2.45) is 0 Å². The summed E-state index contributed by atoms with van der Waals surface area (Å²) in [6.45, 7) is 0. The first-order chi connectivity index (χ1) is 8.08. The van der Waals surface area contributed by atoms with Crippen molar-refractivity contribution in [1.82, 2.24) is 10.2 Å². The zero-order valence-corrected chi connectivity index (χ0v) is 8.58. The van der Waals surface area contributed by atoms with Crippen molar-refractivity contribution >= 4 is 11.4 Å². The highest BCUT2D eigenvalue weighted by Gasteiger charge is 2.07. The molecule has 0 spiro atoms. The predicted octanol–water partition coefficient (Wildman–Crippen LogP) is 0.927. The lowest BCUT2D eigenvalue weighted by Gasteiger charge is -2.00. The SMILES string of the molecule is Nc1cc(-c2ccc([N+](=O)[O-])cc2)n[nH]c1=O. The fourth-order valence-electron chi connectivity index (χ4n) is 1.32. The van der Waals surface area contributed by atoms with Gasteiger partial charge in [0.05, 0.1) is 10.6 Å². The lowest BCUT2D eigenvalue weighted by atomic mass is 10.1. The number of H-pyrrole nitrogens is 1. The molecule has 0 radical (unpaired) electrons. The fraction of sp³-hybridized carbons (Fsp3) is 0. The van der Waals surface area contributed by atoms with Gasteiger partial charge in [-0.25, -0.2) is 5.10 Å². The molecule has 0 bridgehead atoms. The molecular weight excluding hydrogens is 224 g/mol. The molecule has 0 amide bonds. The first-order valence-electron chi connectivity index (χ1n) is 4.68. The summed E-state index contributed by atoms with van der Waals surface area (Å²) in [5.74, 6) is 0. The minimum absolute atomic E-state index is 0.00820. The monoisotopic (exact) mass is 232 g/mol. The summed E-state index contributed by atoms with van der Waals surface area (Å²) in [4.78, 5) is 21.0. The van der Waals surface area contributed by atoms with Gasteiger partial charge in [-0.15, -0.1) is 0 Å². The van der Waals surface area contributed by atoms with Crippen LogP contribution in [0.25, 0.3) is 11.3 Å². The number of aromatic amines is 1. The van der Waals surface area contributed by atoms with Gasteiger partial charge in [0, 0.05) is 17.7 Å². The minimum atomic E-state index is -0.488. The molecule has 7 heteroatoms. The van der Waals surface area contributed by atoms with Crippen LogP contribution in [0.15, 0.2) is 35.1 Å². The van der Waals surface area contributed by atoms with Gasteiger partial charge in [-0.3, -0.25) is 14.9 Å². The topological polar surface area (TPSA) is 115 Å². The highest BCUT2D eigenvalue weighted by molar-refractivity contribution is 5.63. The third-order valence-electron chi connectivity index (χ3n) is 2.21. The Hall–Kier alpha value is -2.70. The number of nitrogens with one attached hydrogen (secondary N) is 1. The molecule has 17 heavy (non-hydrogen) atoms. The number of nitrogen functional groups attached to an aromatic ring is 1. The van der Waals surface area contributed by atoms with E-state index in [2.05, 4.69) is 10.2 Å². The van der Waals surface area contributed by atoms with Gasteiger partial charge in [-0.2, -0.15) is 5.10 Å². The van der Waals surface area contributed by atoms with E-state index in [4.69, 9.17) is 5.73 Å². The maximum absolute atomic E-state index is 11.0. The summed E-state index contributed by atoms with van der Waals surface area (Å²) in [6, 6.07) is 7.22. The molecular formula is C10H8N4O3. The second-order valence-electron chi connectivity index (χ2n) is 3.34. The molecule has 2 rings (SSSR count). The number of anilines is 1. The number of nitrogens with two attached hydrogens (primary N) is 1. The minimum Gasteiger partial charge on any atom is -0.394 e. The highest BCUT2D eigenvalue weighted by Crippen LogP contribution is 2.20. The van der Waals surface area contributed by atoms with E-state index in [1.807, 2.05) is 0 Å². The molecule has 7 nitrogen and oxygen atoms in total. The third-order valence-corrected chi connectivity index (χ3v) is 2.21. The van der Waals surface area contributed by atoms with E-state index in [-0.39, 0.29) is 11.4 Å². The number of benzene rings is 1. The van der Waals surface area contributed by atoms with Gasteiger partial charge >= 0.3 is 0 Å². The molecule has 0 unspecified atom stereocenters. The number of hydrogen-bond acceptors (Lipinski definition) is 5. The van der Waals surface area contributed by atoms with Crippen molar-refractivity contribution in [2.45, 2.75) is 0 Å². The summed E-state index contributed by atoms with van der Waals surface area (Å²) >= 11 is 0. The Kier molecular flexibility index (Phi) is 2.57. The number of aromatic nitrogens is 2. The number of nitro groups is 1. The Morgan fingerprint density at radius 1 is 1.29 bits per heavy atom. The summed E-state index contributed by atoms with van der Waals surface area (Å²) < 4.78 is 0. The second kappa shape index (κ2) is 4.05. The zero-order chi connectivity index (χ0) is 12.4. The van der Waals surface area contributed by atoms with Crippen LogP contribution in [-0.2, 0) is 0 Å². The van der Waals surface area contributed by atoms with E-state index >= 15 is 0 Å². The van der Waals surface area contributed by atoms with Gasteiger partial charge in [0.15, 0.2) is 0 Å². The molecule has 0 aliphatic carbocycles. The van der Waals surface area contributed by atoms with Gasteiger partial charge in [0.25, 0.3) is 11.2 Å². The molecule has 0 fully saturated rings. The largest absolute Gasteiger partial charge is 0.394 e. The number of non-ortho nitro benzene ring substituents is 1. The second-order valence-corrected chi connectivity index (χ2v) is 3.34. The molecule has 3 N–H and O–H groups in total. The average Bonchev–Trinajstić information content (AvgIpc) is 2.33. The van der Waals surface area contributed by atoms with Crippen LogP contribution in [0.5, 0.6) is 0 Å². The van der Waals surface area contributed by atoms with E-state index in [0.717, 1.165) is 0 Å². The number of nitro benzene ring substituents is 1. The smallest absolute Gasteiger partial charge is 0.287 e. The van der Waals surface area contributed by atoms with Crippen LogP contribution in [0.4, 0.5) is 11.4 Å². The molecule has 0 saturated heterocycles. The Labute approximate surface area is 95.1 Å². The maximum atomic E-state index is 11.0. The van der Waals surface area contributed by atoms with E-state index in [1.165, 1.54) is 30.3 Å². The van der Waals surface area contributed by atoms with Crippen molar-refractivity contribution in [3.63, 3.8) is 0 Å². The average molecular weight is 232 g/mol. The quantitative estimate of drug-likeness (QED) is 0.590. The van der Waals surface area contributed by atoms with E-state index < -0.39 is 10.5 Å². The lowest BCUT2D eigenvalue weighted by Crippen LogP contribution is -2.13. The summed E-state index contributed by atoms with van der Waals surface area (Å²) in [5.41, 5.74) is 6.12. The van der Waals surface area contributed by atoms with Gasteiger partial charge in [-0.05, 0) is 18.2 Å². The van der Waals surface area contributed by atoms with Gasteiger partial charge in [0.2, 0.25) is 0 Å². The van der Waals surface area contributed by atoms with Crippen molar-refractivity contribution in [3.8, 4) is 11.3 Å². The van der Waals surface area contributed by atoms with Gasteiger partial charge < -0.3 is 5.73 Å². The lowest BCUT2D eigenvalue weighted by molar-refractivity contribution is -0.384. The van der Waals surface area contributed by atoms with Crippen LogP contribution in [0.2, 0.25) is 0 Å². The third kappa shape index (κ3) is 2.12. The normalized spacial score (nSPS) is 10.1. The Morgan fingerprint density at radius 3 is 2.47 bits per heavy atom. The molecule has 0 saturated carbocycles. The van der Waals surface area contributed by atoms with Crippen molar-refractivity contribution in [2.75, 3.05) is 5.73 Å². The number of rotatable bonds is 2. The molecule has 2 aromatic rings. The molecule has 0 aliphatic heterocycles. The Morgan fingerprint density at radius 2 is 1.94 bits per heavy atom. The zero-order valence-electron chi connectivity index (χ0n) is 8.58. The van der Waals surface area contributed by atoms with E-state index in [9.17, 15) is 14.9 Å². The maximum Gasteiger partial charge on any atom is 0.287 e. The molecule has 86 valence electrons. The predicted molar refractivity (Wildman–Crippen MR) is 61.4 cm³/mol. The van der Waals surface area contributed by atoms with Gasteiger partial charge in [-0.1, -0.05) is 0 Å². The molecule has 1 aromatic heterocycles. The highest BCUT2D eigenvalue weighted by atomic mass is 16.6. The molecule has 1 aromatic carbocycles. The standard InChI is InChI=1S/C10H8N4O3/c11-8-5-9(12-13-10(8)15)6-1-3-7(4-2-6)14(16)17/h1-5H,(H2,11,12)(H,13,15). The fourth-order valence-corrected chi connectivity index (χ4v) is 1.32. The first-order valence-corrected chi connectivity index (χ1v) is 4.68. The van der Waals surface area contributed by atoms with Crippen molar-refractivity contribution < 1.29 is 4.92 Å². The number of hydrogen-bond donors (Lipinski definition) is 2.